The number of hydrogen-bond acceptors (Lipinski definition) is 0. The van der Waals surface area contributed by atoms with Gasteiger partial charge in [-0.1, -0.05) is 61.3 Å². The number of hydrogen-bond donors (Lipinski definition) is 0. The second-order valence-corrected chi connectivity index (χ2v) is 11.3. The Labute approximate surface area is 92.0 Å². The van der Waals surface area contributed by atoms with Crippen LogP contribution in [0.15, 0.2) is 12.2 Å². The van der Waals surface area contributed by atoms with E-state index in [1.165, 1.54) is 22.5 Å². The van der Waals surface area contributed by atoms with Gasteiger partial charge in [0.2, 0.25) is 0 Å². The molecule has 0 aliphatic rings. The van der Waals surface area contributed by atoms with Crippen LogP contribution in [0.3, 0.4) is 0 Å². The molecule has 0 spiro atoms. The first-order chi connectivity index (χ1) is 5.37. The van der Waals surface area contributed by atoms with Crippen LogP contribution in [0.5, 0.6) is 0 Å². The van der Waals surface area contributed by atoms with Crippen LogP contribution < -0.4 is 0 Å². The summed E-state index contributed by atoms with van der Waals surface area (Å²) in [6, 6.07) is 1.30. The zero-order valence-corrected chi connectivity index (χ0v) is 11.9. The van der Waals surface area contributed by atoms with Crippen molar-refractivity contribution in [3.05, 3.63) is 12.2 Å². The third-order valence-electron chi connectivity index (χ3n) is 2.00. The van der Waals surface area contributed by atoms with Crippen LogP contribution in [0.2, 0.25) is 25.7 Å². The molecule has 0 aliphatic carbocycles. The molecule has 0 saturated carbocycles. The van der Waals surface area contributed by atoms with Crippen molar-refractivity contribution < 1.29 is 0 Å². The SMILES string of the molecule is C=C(C[Si](C)(C)C)C(C)CCI. The van der Waals surface area contributed by atoms with Crippen LogP contribution in [-0.4, -0.2) is 12.5 Å². The van der Waals surface area contributed by atoms with Crippen LogP contribution in [0.25, 0.3) is 0 Å². The zero-order chi connectivity index (χ0) is 9.78. The minimum absolute atomic E-state index is 0.730. The van der Waals surface area contributed by atoms with Gasteiger partial charge in [0.15, 0.2) is 0 Å². The average Bonchev–Trinajstić information content (AvgIpc) is 1.84. The standard InChI is InChI=1S/C10H21ISi/c1-9(6-7-11)10(2)8-12(3,4)5/h9H,2,6-8H2,1,3-5H3. The Morgan fingerprint density at radius 2 is 1.92 bits per heavy atom. The van der Waals surface area contributed by atoms with Gasteiger partial charge in [0.05, 0.1) is 0 Å². The van der Waals surface area contributed by atoms with Gasteiger partial charge in [0, 0.05) is 12.5 Å². The van der Waals surface area contributed by atoms with Gasteiger partial charge in [-0.2, -0.15) is 0 Å². The fourth-order valence-corrected chi connectivity index (χ4v) is 3.87. The quantitative estimate of drug-likeness (QED) is 0.306. The van der Waals surface area contributed by atoms with Gasteiger partial charge in [-0.15, -0.1) is 0 Å². The molecule has 0 fully saturated rings. The summed E-state index contributed by atoms with van der Waals surface area (Å²) in [6.45, 7) is 13.7. The molecule has 0 nitrogen and oxygen atoms in total. The van der Waals surface area contributed by atoms with E-state index in [0.29, 0.717) is 0 Å². The minimum Gasteiger partial charge on any atom is -0.0999 e. The Bertz CT molecular complexity index is 146. The minimum atomic E-state index is -0.914. The van der Waals surface area contributed by atoms with E-state index in [9.17, 15) is 0 Å². The lowest BCUT2D eigenvalue weighted by molar-refractivity contribution is 0.667. The van der Waals surface area contributed by atoms with Gasteiger partial charge in [-0.25, -0.2) is 0 Å². The summed E-state index contributed by atoms with van der Waals surface area (Å²) in [5.41, 5.74) is 1.48. The van der Waals surface area contributed by atoms with Crippen molar-refractivity contribution in [3.63, 3.8) is 0 Å². The van der Waals surface area contributed by atoms with Gasteiger partial charge >= 0.3 is 0 Å². The first kappa shape index (κ1) is 12.7. The van der Waals surface area contributed by atoms with Crippen molar-refractivity contribution >= 4 is 30.7 Å². The molecule has 0 heterocycles. The molecular formula is C10H21ISi. The molecule has 0 radical (unpaired) electrons. The summed E-state index contributed by atoms with van der Waals surface area (Å²) < 4.78 is 1.25. The van der Waals surface area contributed by atoms with Crippen LogP contribution >= 0.6 is 22.6 Å². The predicted octanol–water partition coefficient (Wildman–Crippen LogP) is 4.34. The summed E-state index contributed by atoms with van der Waals surface area (Å²) >= 11 is 2.44. The number of rotatable bonds is 5. The zero-order valence-electron chi connectivity index (χ0n) is 8.78. The number of allylic oxidation sites excluding steroid dienone is 1. The van der Waals surface area contributed by atoms with E-state index in [1.807, 2.05) is 0 Å². The van der Waals surface area contributed by atoms with E-state index in [0.717, 1.165) is 5.92 Å². The first-order valence-electron chi connectivity index (χ1n) is 4.60. The Hall–Kier alpha value is 0.687. The fraction of sp³-hybridized carbons (Fsp3) is 0.800. The highest BCUT2D eigenvalue weighted by Crippen LogP contribution is 2.23. The predicted molar refractivity (Wildman–Crippen MR) is 70.0 cm³/mol. The first-order valence-corrected chi connectivity index (χ1v) is 9.83. The Kier molecular flexibility index (Phi) is 5.73. The molecule has 72 valence electrons. The summed E-state index contributed by atoms with van der Waals surface area (Å²) in [4.78, 5) is 0. The summed E-state index contributed by atoms with van der Waals surface area (Å²) in [6.07, 6.45) is 1.30. The van der Waals surface area contributed by atoms with E-state index in [1.54, 1.807) is 0 Å². The maximum absolute atomic E-state index is 4.19. The lowest BCUT2D eigenvalue weighted by Gasteiger charge is -2.21. The molecule has 0 aromatic rings. The lowest BCUT2D eigenvalue weighted by Crippen LogP contribution is -2.21. The second-order valence-electron chi connectivity index (χ2n) is 4.77. The molecule has 0 aromatic carbocycles. The Balaban J connectivity index is 3.87. The molecule has 2 heteroatoms. The monoisotopic (exact) mass is 296 g/mol. The summed E-state index contributed by atoms with van der Waals surface area (Å²) in [5, 5.41) is 0. The van der Waals surface area contributed by atoms with Crippen molar-refractivity contribution in [1.29, 1.82) is 0 Å². The summed E-state index contributed by atoms with van der Waals surface area (Å²) in [7, 11) is -0.914. The molecule has 0 N–H and O–H groups in total. The van der Waals surface area contributed by atoms with E-state index in [-0.39, 0.29) is 0 Å². The summed E-state index contributed by atoms with van der Waals surface area (Å²) in [5.74, 6) is 0.730. The van der Waals surface area contributed by atoms with Crippen molar-refractivity contribution in [1.82, 2.24) is 0 Å². The molecule has 12 heavy (non-hydrogen) atoms. The topological polar surface area (TPSA) is 0 Å². The molecule has 0 aromatic heterocycles. The lowest BCUT2D eigenvalue weighted by atomic mass is 10.0. The van der Waals surface area contributed by atoms with Crippen LogP contribution in [0.4, 0.5) is 0 Å². The molecule has 1 atom stereocenters. The van der Waals surface area contributed by atoms with Crippen molar-refractivity contribution in [2.24, 2.45) is 5.92 Å². The maximum Gasteiger partial charge on any atom is 0.0483 e. The average molecular weight is 296 g/mol. The van der Waals surface area contributed by atoms with E-state index >= 15 is 0 Å². The Morgan fingerprint density at radius 3 is 2.25 bits per heavy atom. The fourth-order valence-electron chi connectivity index (χ4n) is 1.22. The molecule has 0 saturated heterocycles. The van der Waals surface area contributed by atoms with E-state index in [4.69, 9.17) is 0 Å². The molecule has 0 aliphatic heterocycles. The number of halogens is 1. The number of alkyl halides is 1. The third-order valence-corrected chi connectivity index (χ3v) is 4.13. The highest BCUT2D eigenvalue weighted by molar-refractivity contribution is 14.1. The molecule has 0 amide bonds. The highest BCUT2D eigenvalue weighted by Gasteiger charge is 2.17. The molecular weight excluding hydrogens is 275 g/mol. The van der Waals surface area contributed by atoms with Gasteiger partial charge in [-0.05, 0) is 18.4 Å². The van der Waals surface area contributed by atoms with Crippen LogP contribution in [0, 0.1) is 5.92 Å². The largest absolute Gasteiger partial charge is 0.0999 e. The maximum atomic E-state index is 4.19. The van der Waals surface area contributed by atoms with Gasteiger partial charge < -0.3 is 0 Å². The van der Waals surface area contributed by atoms with Crippen molar-refractivity contribution in [2.75, 3.05) is 4.43 Å². The molecule has 0 bridgehead atoms. The van der Waals surface area contributed by atoms with Crippen molar-refractivity contribution in [2.45, 2.75) is 39.0 Å². The second kappa shape index (κ2) is 5.42. The molecule has 0 rings (SSSR count). The Morgan fingerprint density at radius 1 is 1.42 bits per heavy atom. The smallest absolute Gasteiger partial charge is 0.0483 e. The van der Waals surface area contributed by atoms with Crippen molar-refractivity contribution in [3.8, 4) is 0 Å². The van der Waals surface area contributed by atoms with Gasteiger partial charge in [0.1, 0.15) is 0 Å². The molecule has 1 unspecified atom stereocenters. The normalized spacial score (nSPS) is 14.4. The van der Waals surface area contributed by atoms with Gasteiger partial charge in [-0.3, -0.25) is 0 Å². The van der Waals surface area contributed by atoms with E-state index < -0.39 is 8.07 Å². The van der Waals surface area contributed by atoms with E-state index in [2.05, 4.69) is 55.7 Å². The van der Waals surface area contributed by atoms with Gasteiger partial charge in [0.25, 0.3) is 0 Å². The third kappa shape index (κ3) is 6.23. The van der Waals surface area contributed by atoms with Crippen LogP contribution in [-0.2, 0) is 0 Å². The highest BCUT2D eigenvalue weighted by atomic mass is 127. The van der Waals surface area contributed by atoms with Crippen LogP contribution in [0.1, 0.15) is 13.3 Å².